The van der Waals surface area contributed by atoms with Gasteiger partial charge in [-0.3, -0.25) is 9.59 Å². The quantitative estimate of drug-likeness (QED) is 0.569. The number of nitrogens with zero attached hydrogens (tertiary/aromatic N) is 1. The first-order valence-corrected chi connectivity index (χ1v) is 10.9. The van der Waals surface area contributed by atoms with E-state index in [0.717, 1.165) is 31.2 Å². The molecule has 2 N–H and O–H groups in total. The molecule has 0 spiro atoms. The van der Waals surface area contributed by atoms with Gasteiger partial charge in [0.1, 0.15) is 11.5 Å². The van der Waals surface area contributed by atoms with Crippen molar-refractivity contribution in [1.82, 2.24) is 10.3 Å². The summed E-state index contributed by atoms with van der Waals surface area (Å²) in [5.74, 6) is 1.22. The Balaban J connectivity index is 1.16. The third kappa shape index (κ3) is 4.05. The highest BCUT2D eigenvalue weighted by Crippen LogP contribution is 2.31. The van der Waals surface area contributed by atoms with Crippen molar-refractivity contribution in [3.05, 3.63) is 47.9 Å². The van der Waals surface area contributed by atoms with Crippen LogP contribution >= 0.6 is 0 Å². The lowest BCUT2D eigenvalue weighted by molar-refractivity contribution is -0.118. The van der Waals surface area contributed by atoms with Crippen molar-refractivity contribution in [2.24, 2.45) is 5.92 Å². The van der Waals surface area contributed by atoms with Crippen molar-refractivity contribution in [1.29, 1.82) is 0 Å². The lowest BCUT2D eigenvalue weighted by atomic mass is 9.83. The number of ketones is 1. The lowest BCUT2D eigenvalue weighted by Gasteiger charge is -2.28. The molecule has 1 aliphatic heterocycles. The summed E-state index contributed by atoms with van der Waals surface area (Å²) in [6.45, 7) is 0.751. The summed E-state index contributed by atoms with van der Waals surface area (Å²) in [4.78, 5) is 28.9. The molecular formula is C24H25N3O5. The van der Waals surface area contributed by atoms with E-state index in [9.17, 15) is 9.59 Å². The molecule has 2 heterocycles. The number of Topliss-reactive ketones (excluding diaryl/α,β-unsaturated/α-hetero) is 1. The van der Waals surface area contributed by atoms with E-state index in [1.54, 1.807) is 19.2 Å². The van der Waals surface area contributed by atoms with Crippen molar-refractivity contribution in [3.8, 4) is 11.5 Å². The highest BCUT2D eigenvalue weighted by atomic mass is 16.5. The van der Waals surface area contributed by atoms with Crippen molar-refractivity contribution in [3.63, 3.8) is 0 Å². The van der Waals surface area contributed by atoms with Crippen molar-refractivity contribution in [2.45, 2.75) is 38.3 Å². The lowest BCUT2D eigenvalue weighted by Crippen LogP contribution is -2.34. The first kappa shape index (κ1) is 20.5. The molecule has 1 aliphatic carbocycles. The number of carbonyl (C=O) groups is 2. The smallest absolute Gasteiger partial charge is 0.264 e. The molecule has 1 aromatic heterocycles. The number of carbonyl (C=O) groups excluding carboxylic acids is 2. The van der Waals surface area contributed by atoms with Crippen LogP contribution in [0.4, 0.5) is 5.69 Å². The molecule has 0 atom stereocenters. The molecule has 166 valence electrons. The SMILES string of the molecule is COc1cccc2oc(C(=O)[C@H]3CC[C@H](NCc4ccc5c(c4)NC(=O)CO5)CC3)nc12. The number of amides is 1. The number of hydrogen-bond donors (Lipinski definition) is 2. The molecule has 2 aliphatic rings. The Hall–Kier alpha value is -3.39. The third-order valence-corrected chi connectivity index (χ3v) is 6.18. The summed E-state index contributed by atoms with van der Waals surface area (Å²) in [6, 6.07) is 11.6. The van der Waals surface area contributed by atoms with Crippen LogP contribution in [0.1, 0.15) is 41.9 Å². The van der Waals surface area contributed by atoms with Crippen molar-refractivity contribution >= 4 is 28.5 Å². The molecule has 8 nitrogen and oxygen atoms in total. The zero-order chi connectivity index (χ0) is 22.1. The number of anilines is 1. The van der Waals surface area contributed by atoms with Crippen LogP contribution in [0.15, 0.2) is 40.8 Å². The molecule has 1 saturated carbocycles. The minimum Gasteiger partial charge on any atom is -0.494 e. The van der Waals surface area contributed by atoms with Gasteiger partial charge in [0, 0.05) is 18.5 Å². The summed E-state index contributed by atoms with van der Waals surface area (Å²) in [6.07, 6.45) is 3.40. The average molecular weight is 435 g/mol. The molecule has 2 aromatic carbocycles. The molecule has 1 amide bonds. The highest BCUT2D eigenvalue weighted by molar-refractivity contribution is 5.97. The Labute approximate surface area is 185 Å². The average Bonchev–Trinajstić information content (AvgIpc) is 3.27. The number of nitrogens with one attached hydrogen (secondary N) is 2. The fraction of sp³-hybridized carbons (Fsp3) is 0.375. The number of hydrogen-bond acceptors (Lipinski definition) is 7. The second-order valence-electron chi connectivity index (χ2n) is 8.29. The first-order chi connectivity index (χ1) is 15.6. The van der Waals surface area contributed by atoms with E-state index in [2.05, 4.69) is 15.6 Å². The second-order valence-corrected chi connectivity index (χ2v) is 8.29. The number of methoxy groups -OCH3 is 1. The van der Waals surface area contributed by atoms with Crippen LogP contribution in [-0.4, -0.2) is 36.4 Å². The van der Waals surface area contributed by atoms with E-state index < -0.39 is 0 Å². The van der Waals surface area contributed by atoms with Crippen LogP contribution in [0.2, 0.25) is 0 Å². The highest BCUT2D eigenvalue weighted by Gasteiger charge is 2.30. The Bertz CT molecular complexity index is 1160. The topological polar surface area (TPSA) is 103 Å². The molecular weight excluding hydrogens is 410 g/mol. The number of oxazole rings is 1. The van der Waals surface area contributed by atoms with Gasteiger partial charge in [-0.05, 0) is 55.5 Å². The van der Waals surface area contributed by atoms with Gasteiger partial charge in [0.2, 0.25) is 5.78 Å². The Kier molecular flexibility index (Phi) is 5.53. The fourth-order valence-corrected chi connectivity index (χ4v) is 4.43. The minimum atomic E-state index is -0.136. The third-order valence-electron chi connectivity index (χ3n) is 6.18. The number of aromatic nitrogens is 1. The van der Waals surface area contributed by atoms with E-state index >= 15 is 0 Å². The van der Waals surface area contributed by atoms with Gasteiger partial charge in [-0.1, -0.05) is 12.1 Å². The van der Waals surface area contributed by atoms with E-state index in [0.29, 0.717) is 40.9 Å². The van der Waals surface area contributed by atoms with Gasteiger partial charge in [0.05, 0.1) is 12.8 Å². The van der Waals surface area contributed by atoms with Crippen LogP contribution in [0.5, 0.6) is 11.5 Å². The molecule has 3 aromatic rings. The predicted octanol–water partition coefficient (Wildman–Crippen LogP) is 3.70. The van der Waals surface area contributed by atoms with Gasteiger partial charge in [-0.15, -0.1) is 0 Å². The van der Waals surface area contributed by atoms with Crippen LogP contribution in [0.25, 0.3) is 11.1 Å². The number of fused-ring (bicyclic) bond motifs is 2. The maximum Gasteiger partial charge on any atom is 0.264 e. The number of rotatable bonds is 6. The van der Waals surface area contributed by atoms with Gasteiger partial charge < -0.3 is 24.5 Å². The monoisotopic (exact) mass is 435 g/mol. The van der Waals surface area contributed by atoms with E-state index in [1.165, 1.54) is 0 Å². The minimum absolute atomic E-state index is 0.0351. The second kappa shape index (κ2) is 8.63. The summed E-state index contributed by atoms with van der Waals surface area (Å²) < 4.78 is 16.4. The largest absolute Gasteiger partial charge is 0.494 e. The number of ether oxygens (including phenoxy) is 2. The van der Waals surface area contributed by atoms with Gasteiger partial charge >= 0.3 is 0 Å². The fourth-order valence-electron chi connectivity index (χ4n) is 4.43. The van der Waals surface area contributed by atoms with Gasteiger partial charge in [-0.2, -0.15) is 0 Å². The van der Waals surface area contributed by atoms with Crippen LogP contribution in [-0.2, 0) is 11.3 Å². The first-order valence-electron chi connectivity index (χ1n) is 10.9. The maximum atomic E-state index is 13.0. The Morgan fingerprint density at radius 2 is 2.06 bits per heavy atom. The zero-order valence-electron chi connectivity index (χ0n) is 17.8. The van der Waals surface area contributed by atoms with Gasteiger partial charge in [-0.25, -0.2) is 4.98 Å². The Morgan fingerprint density at radius 3 is 2.88 bits per heavy atom. The normalized spacial score (nSPS) is 20.3. The molecule has 1 fully saturated rings. The van der Waals surface area contributed by atoms with E-state index in [1.807, 2.05) is 24.3 Å². The number of para-hydroxylation sites is 1. The van der Waals surface area contributed by atoms with E-state index in [-0.39, 0.29) is 30.1 Å². The summed E-state index contributed by atoms with van der Waals surface area (Å²) in [5.41, 5.74) is 2.94. The molecule has 5 rings (SSSR count). The van der Waals surface area contributed by atoms with Gasteiger partial charge in [0.15, 0.2) is 17.7 Å². The maximum absolute atomic E-state index is 13.0. The van der Waals surface area contributed by atoms with E-state index in [4.69, 9.17) is 13.9 Å². The number of benzene rings is 2. The summed E-state index contributed by atoms with van der Waals surface area (Å²) in [7, 11) is 1.58. The summed E-state index contributed by atoms with van der Waals surface area (Å²) >= 11 is 0. The molecule has 0 radical (unpaired) electrons. The summed E-state index contributed by atoms with van der Waals surface area (Å²) in [5, 5.41) is 6.41. The standard InChI is InChI=1S/C24H25N3O5/c1-30-19-3-2-4-20-22(19)27-24(32-20)23(29)15-6-8-16(9-7-15)25-12-14-5-10-18-17(11-14)26-21(28)13-31-18/h2-5,10-11,15-16,25H,6-9,12-13H2,1H3,(H,26,28)/t15-,16-. The van der Waals surface area contributed by atoms with Crippen molar-refractivity contribution < 1.29 is 23.5 Å². The molecule has 0 unspecified atom stereocenters. The predicted molar refractivity (Wildman–Crippen MR) is 118 cm³/mol. The molecule has 0 bridgehead atoms. The van der Waals surface area contributed by atoms with Gasteiger partial charge in [0.25, 0.3) is 11.8 Å². The molecule has 32 heavy (non-hydrogen) atoms. The van der Waals surface area contributed by atoms with Crippen LogP contribution < -0.4 is 20.1 Å². The Morgan fingerprint density at radius 1 is 1.22 bits per heavy atom. The van der Waals surface area contributed by atoms with Crippen molar-refractivity contribution in [2.75, 3.05) is 19.0 Å². The molecule has 8 heteroatoms. The molecule has 0 saturated heterocycles. The van der Waals surface area contributed by atoms with Crippen LogP contribution in [0.3, 0.4) is 0 Å². The van der Waals surface area contributed by atoms with Crippen LogP contribution in [0, 0.1) is 5.92 Å². The zero-order valence-corrected chi connectivity index (χ0v) is 17.8.